The maximum atomic E-state index is 12.6. The summed E-state index contributed by atoms with van der Waals surface area (Å²) in [5.74, 6) is 1.49. The Balaban J connectivity index is 1.87. The maximum Gasteiger partial charge on any atom is 0.255 e. The highest BCUT2D eigenvalue weighted by molar-refractivity contribution is 5.93. The van der Waals surface area contributed by atoms with E-state index < -0.39 is 0 Å². The van der Waals surface area contributed by atoms with E-state index in [4.69, 9.17) is 4.98 Å². The van der Waals surface area contributed by atoms with Crippen LogP contribution in [0.5, 0.6) is 0 Å². The number of para-hydroxylation sites is 2. The lowest BCUT2D eigenvalue weighted by molar-refractivity contribution is 0.0779. The van der Waals surface area contributed by atoms with Crippen LogP contribution in [0.4, 0.5) is 0 Å². The number of hydrogen-bond acceptors (Lipinski definition) is 3. The molecule has 0 spiro atoms. The molecule has 130 valence electrons. The van der Waals surface area contributed by atoms with Crippen molar-refractivity contribution in [2.24, 2.45) is 5.92 Å². The molecule has 1 amide bonds. The van der Waals surface area contributed by atoms with E-state index in [1.165, 1.54) is 0 Å². The first-order valence-corrected chi connectivity index (χ1v) is 8.66. The average molecular weight is 336 g/mol. The zero-order chi connectivity index (χ0) is 17.8. The number of aromatic nitrogens is 3. The molecule has 0 atom stereocenters. The summed E-state index contributed by atoms with van der Waals surface area (Å²) in [7, 11) is 1.81. The zero-order valence-electron chi connectivity index (χ0n) is 15.0. The number of nitrogens with zero attached hydrogens (tertiary/aromatic N) is 4. The molecule has 3 rings (SSSR count). The Labute approximate surface area is 148 Å². The van der Waals surface area contributed by atoms with E-state index in [1.807, 2.05) is 25.2 Å². The van der Waals surface area contributed by atoms with Gasteiger partial charge in [0.25, 0.3) is 5.91 Å². The lowest BCUT2D eigenvalue weighted by atomic mass is 10.1. The normalized spacial score (nSPS) is 11.2. The summed E-state index contributed by atoms with van der Waals surface area (Å²) in [5.41, 5.74) is 2.69. The number of carbonyl (C=O) groups excluding carboxylic acids is 1. The molecule has 0 N–H and O–H groups in total. The third-order valence-electron chi connectivity index (χ3n) is 4.30. The largest absolute Gasteiger partial charge is 0.334 e. The van der Waals surface area contributed by atoms with Gasteiger partial charge in [-0.25, -0.2) is 4.98 Å². The van der Waals surface area contributed by atoms with E-state index in [0.29, 0.717) is 18.0 Å². The Morgan fingerprint density at radius 1 is 1.20 bits per heavy atom. The Morgan fingerprint density at radius 3 is 2.72 bits per heavy atom. The standard InChI is InChI=1S/C20H24N4O/c1-15(2)10-12-24-18-9-5-4-8-17(18)22-19(24)14-23(3)20(25)16-7-6-11-21-13-16/h4-9,11,13,15H,10,12,14H2,1-3H3. The second kappa shape index (κ2) is 7.47. The van der Waals surface area contributed by atoms with Crippen LogP contribution in [0.15, 0.2) is 48.8 Å². The Hall–Kier alpha value is -2.69. The van der Waals surface area contributed by atoms with E-state index in [2.05, 4.69) is 29.5 Å². The third-order valence-corrected chi connectivity index (χ3v) is 4.30. The highest BCUT2D eigenvalue weighted by Gasteiger charge is 2.17. The van der Waals surface area contributed by atoms with Crippen molar-refractivity contribution in [1.82, 2.24) is 19.4 Å². The summed E-state index contributed by atoms with van der Waals surface area (Å²) in [6.45, 7) is 5.82. The summed E-state index contributed by atoms with van der Waals surface area (Å²) in [6.07, 6.45) is 4.34. The second-order valence-electron chi connectivity index (χ2n) is 6.75. The summed E-state index contributed by atoms with van der Waals surface area (Å²) < 4.78 is 2.24. The number of amides is 1. The summed E-state index contributed by atoms with van der Waals surface area (Å²) in [6, 6.07) is 11.7. The van der Waals surface area contributed by atoms with Crippen molar-refractivity contribution in [3.63, 3.8) is 0 Å². The van der Waals surface area contributed by atoms with E-state index in [-0.39, 0.29) is 5.91 Å². The molecule has 0 aliphatic carbocycles. The predicted octanol–water partition coefficient (Wildman–Crippen LogP) is 3.75. The first-order valence-electron chi connectivity index (χ1n) is 8.66. The number of rotatable bonds is 6. The highest BCUT2D eigenvalue weighted by Crippen LogP contribution is 2.19. The number of hydrogen-bond donors (Lipinski definition) is 0. The molecule has 0 aliphatic heterocycles. The van der Waals surface area contributed by atoms with Gasteiger partial charge in [-0.1, -0.05) is 26.0 Å². The van der Waals surface area contributed by atoms with Crippen molar-refractivity contribution in [3.05, 3.63) is 60.2 Å². The quantitative estimate of drug-likeness (QED) is 0.689. The Kier molecular flexibility index (Phi) is 5.12. The number of benzene rings is 1. The van der Waals surface area contributed by atoms with E-state index >= 15 is 0 Å². The van der Waals surface area contributed by atoms with Crippen molar-refractivity contribution in [1.29, 1.82) is 0 Å². The topological polar surface area (TPSA) is 51.0 Å². The molecule has 2 heterocycles. The van der Waals surface area contributed by atoms with E-state index in [0.717, 1.165) is 29.8 Å². The molecule has 0 saturated carbocycles. The Bertz CT molecular complexity index is 855. The van der Waals surface area contributed by atoms with E-state index in [1.54, 1.807) is 29.4 Å². The molecule has 3 aromatic rings. The fraction of sp³-hybridized carbons (Fsp3) is 0.350. The van der Waals surface area contributed by atoms with Gasteiger partial charge in [-0.2, -0.15) is 0 Å². The van der Waals surface area contributed by atoms with Gasteiger partial charge in [-0.3, -0.25) is 9.78 Å². The van der Waals surface area contributed by atoms with Gasteiger partial charge in [-0.15, -0.1) is 0 Å². The summed E-state index contributed by atoms with van der Waals surface area (Å²) >= 11 is 0. The molecule has 2 aromatic heterocycles. The number of aryl methyl sites for hydroxylation is 1. The van der Waals surface area contributed by atoms with Crippen LogP contribution in [0.2, 0.25) is 0 Å². The molecule has 1 aromatic carbocycles. The lowest BCUT2D eigenvalue weighted by Gasteiger charge is -2.18. The predicted molar refractivity (Wildman–Crippen MR) is 99.2 cm³/mol. The van der Waals surface area contributed by atoms with Gasteiger partial charge in [0.1, 0.15) is 5.82 Å². The zero-order valence-corrected chi connectivity index (χ0v) is 15.0. The summed E-state index contributed by atoms with van der Waals surface area (Å²) in [5, 5.41) is 0. The second-order valence-corrected chi connectivity index (χ2v) is 6.75. The van der Waals surface area contributed by atoms with Gasteiger partial charge in [-0.05, 0) is 36.6 Å². The lowest BCUT2D eigenvalue weighted by Crippen LogP contribution is -2.28. The minimum Gasteiger partial charge on any atom is -0.334 e. The molecule has 5 heteroatoms. The molecule has 0 radical (unpaired) electrons. The molecular weight excluding hydrogens is 312 g/mol. The SMILES string of the molecule is CC(C)CCn1c(CN(C)C(=O)c2cccnc2)nc2ccccc21. The summed E-state index contributed by atoms with van der Waals surface area (Å²) in [4.78, 5) is 23.1. The van der Waals surface area contributed by atoms with Crippen molar-refractivity contribution in [2.75, 3.05) is 7.05 Å². The van der Waals surface area contributed by atoms with Crippen molar-refractivity contribution >= 4 is 16.9 Å². The molecule has 5 nitrogen and oxygen atoms in total. The molecule has 25 heavy (non-hydrogen) atoms. The van der Waals surface area contributed by atoms with Crippen LogP contribution in [0.3, 0.4) is 0 Å². The molecule has 0 bridgehead atoms. The van der Waals surface area contributed by atoms with Crippen molar-refractivity contribution in [3.8, 4) is 0 Å². The van der Waals surface area contributed by atoms with Crippen LogP contribution in [0, 0.1) is 5.92 Å². The maximum absolute atomic E-state index is 12.6. The number of carbonyl (C=O) groups is 1. The van der Waals surface area contributed by atoms with Crippen LogP contribution in [0.1, 0.15) is 36.5 Å². The van der Waals surface area contributed by atoms with Gasteiger partial charge < -0.3 is 9.47 Å². The molecule has 0 saturated heterocycles. The molecule has 0 unspecified atom stereocenters. The minimum absolute atomic E-state index is 0.0458. The van der Waals surface area contributed by atoms with Crippen molar-refractivity contribution in [2.45, 2.75) is 33.4 Å². The van der Waals surface area contributed by atoms with Gasteiger partial charge in [0.2, 0.25) is 0 Å². The first kappa shape index (κ1) is 17.1. The smallest absolute Gasteiger partial charge is 0.255 e. The number of imidazole rings is 1. The van der Waals surface area contributed by atoms with Gasteiger partial charge in [0.05, 0.1) is 23.1 Å². The highest BCUT2D eigenvalue weighted by atomic mass is 16.2. The van der Waals surface area contributed by atoms with E-state index in [9.17, 15) is 4.79 Å². The number of fused-ring (bicyclic) bond motifs is 1. The van der Waals surface area contributed by atoms with Crippen molar-refractivity contribution < 1.29 is 4.79 Å². The van der Waals surface area contributed by atoms with Crippen LogP contribution in [-0.4, -0.2) is 32.4 Å². The number of pyridine rings is 1. The van der Waals surface area contributed by atoms with Crippen LogP contribution >= 0.6 is 0 Å². The third kappa shape index (κ3) is 3.87. The average Bonchev–Trinajstić information content (AvgIpc) is 2.97. The van der Waals surface area contributed by atoms with Crippen LogP contribution in [-0.2, 0) is 13.1 Å². The molecule has 0 fully saturated rings. The van der Waals surface area contributed by atoms with Crippen LogP contribution in [0.25, 0.3) is 11.0 Å². The van der Waals surface area contributed by atoms with Gasteiger partial charge in [0, 0.05) is 26.0 Å². The molecular formula is C20H24N4O. The minimum atomic E-state index is -0.0458. The van der Waals surface area contributed by atoms with Gasteiger partial charge in [0.15, 0.2) is 0 Å². The fourth-order valence-corrected chi connectivity index (χ4v) is 2.88. The Morgan fingerprint density at radius 2 is 2.00 bits per heavy atom. The van der Waals surface area contributed by atoms with Gasteiger partial charge >= 0.3 is 0 Å². The monoisotopic (exact) mass is 336 g/mol. The molecule has 0 aliphatic rings. The fourth-order valence-electron chi connectivity index (χ4n) is 2.88. The first-order chi connectivity index (χ1) is 12.1. The van der Waals surface area contributed by atoms with Crippen LogP contribution < -0.4 is 0 Å².